The molecule has 0 saturated carbocycles. The van der Waals surface area contributed by atoms with Crippen molar-refractivity contribution in [2.24, 2.45) is 0 Å². The first-order chi connectivity index (χ1) is 14.1. The number of para-hydroxylation sites is 3. The quantitative estimate of drug-likeness (QED) is 0.772. The summed E-state index contributed by atoms with van der Waals surface area (Å²) in [5.41, 5.74) is 1.32. The highest BCUT2D eigenvalue weighted by atomic mass is 19.1. The van der Waals surface area contributed by atoms with Crippen LogP contribution in [-0.2, 0) is 19.1 Å². The van der Waals surface area contributed by atoms with Crippen LogP contribution in [0, 0.1) is 5.82 Å². The second-order valence-corrected chi connectivity index (χ2v) is 5.94. The van der Waals surface area contributed by atoms with E-state index < -0.39 is 17.8 Å². The van der Waals surface area contributed by atoms with Crippen molar-refractivity contribution in [3.05, 3.63) is 90.0 Å². The van der Waals surface area contributed by atoms with Crippen LogP contribution in [0.1, 0.15) is 0 Å². The number of esters is 2. The minimum atomic E-state index is -0.720. The number of benzene rings is 2. The summed E-state index contributed by atoms with van der Waals surface area (Å²) in [5.74, 6) is -1.83. The Balaban J connectivity index is 2.14. The number of ether oxygens (including phenoxy) is 2. The third-order valence-corrected chi connectivity index (χ3v) is 4.20. The van der Waals surface area contributed by atoms with Crippen LogP contribution in [0.2, 0.25) is 0 Å². The van der Waals surface area contributed by atoms with Gasteiger partial charge in [-0.05, 0) is 36.4 Å². The summed E-state index contributed by atoms with van der Waals surface area (Å²) in [6.45, 7) is 0. The van der Waals surface area contributed by atoms with Crippen molar-refractivity contribution in [3.8, 4) is 0 Å². The highest BCUT2D eigenvalue weighted by Crippen LogP contribution is 2.34. The molecular formula is C22H19FN2O4. The molecule has 0 aromatic heterocycles. The third kappa shape index (κ3) is 4.19. The van der Waals surface area contributed by atoms with Crippen LogP contribution in [0.4, 0.5) is 21.5 Å². The fourth-order valence-electron chi connectivity index (χ4n) is 2.85. The molecule has 6 nitrogen and oxygen atoms in total. The van der Waals surface area contributed by atoms with Crippen LogP contribution in [0.25, 0.3) is 0 Å². The van der Waals surface area contributed by atoms with E-state index >= 15 is 0 Å². The maximum Gasteiger partial charge on any atom is 0.355 e. The molecular weight excluding hydrogens is 375 g/mol. The number of methoxy groups -OCH3 is 2. The Morgan fingerprint density at radius 3 is 2.24 bits per heavy atom. The van der Waals surface area contributed by atoms with Gasteiger partial charge in [-0.3, -0.25) is 0 Å². The Kier molecular flexibility index (Phi) is 6.09. The van der Waals surface area contributed by atoms with Gasteiger partial charge in [0.1, 0.15) is 11.5 Å². The fraction of sp³-hybridized carbons (Fsp3) is 0.0909. The van der Waals surface area contributed by atoms with Crippen molar-refractivity contribution in [2.75, 3.05) is 24.4 Å². The van der Waals surface area contributed by atoms with Gasteiger partial charge in [0.15, 0.2) is 0 Å². The van der Waals surface area contributed by atoms with E-state index in [0.29, 0.717) is 11.4 Å². The molecule has 7 heteroatoms. The monoisotopic (exact) mass is 394 g/mol. The van der Waals surface area contributed by atoms with Gasteiger partial charge >= 0.3 is 11.9 Å². The summed E-state index contributed by atoms with van der Waals surface area (Å²) in [6, 6.07) is 13.3. The molecule has 29 heavy (non-hydrogen) atoms. The maximum absolute atomic E-state index is 14.1. The molecule has 0 radical (unpaired) electrons. The van der Waals surface area contributed by atoms with Gasteiger partial charge in [0, 0.05) is 6.20 Å². The minimum absolute atomic E-state index is 0.0212. The first-order valence-electron chi connectivity index (χ1n) is 8.72. The van der Waals surface area contributed by atoms with Gasteiger partial charge in [-0.15, -0.1) is 0 Å². The van der Waals surface area contributed by atoms with Gasteiger partial charge in [0.2, 0.25) is 0 Å². The number of carbonyl (C=O) groups is 2. The zero-order valence-corrected chi connectivity index (χ0v) is 15.9. The van der Waals surface area contributed by atoms with Crippen LogP contribution in [0.15, 0.2) is 84.2 Å². The van der Waals surface area contributed by atoms with Crippen LogP contribution >= 0.6 is 0 Å². The number of carbonyl (C=O) groups excluding carboxylic acids is 2. The summed E-state index contributed by atoms with van der Waals surface area (Å²) >= 11 is 0. The number of hydrogen-bond acceptors (Lipinski definition) is 6. The van der Waals surface area contributed by atoms with Gasteiger partial charge < -0.3 is 19.7 Å². The highest BCUT2D eigenvalue weighted by Gasteiger charge is 2.28. The molecule has 2 aromatic carbocycles. The van der Waals surface area contributed by atoms with Crippen LogP contribution in [0.3, 0.4) is 0 Å². The van der Waals surface area contributed by atoms with Crippen molar-refractivity contribution in [1.29, 1.82) is 0 Å². The molecule has 0 fully saturated rings. The predicted molar refractivity (Wildman–Crippen MR) is 108 cm³/mol. The van der Waals surface area contributed by atoms with E-state index in [1.54, 1.807) is 60.8 Å². The van der Waals surface area contributed by atoms with E-state index in [1.165, 1.54) is 31.3 Å². The SMILES string of the molecule is COC(=O)C1=C(C(=O)OC)N(c2ccccc2Nc2ccccc2F)C=CC=C1. The molecule has 1 N–H and O–H groups in total. The fourth-order valence-corrected chi connectivity index (χ4v) is 2.85. The molecule has 148 valence electrons. The number of allylic oxidation sites excluding steroid dienone is 2. The van der Waals surface area contributed by atoms with Gasteiger partial charge in [0.25, 0.3) is 0 Å². The second kappa shape index (κ2) is 8.88. The van der Waals surface area contributed by atoms with Gasteiger partial charge in [0.05, 0.1) is 36.9 Å². The maximum atomic E-state index is 14.1. The minimum Gasteiger partial charge on any atom is -0.465 e. The molecule has 0 unspecified atom stereocenters. The lowest BCUT2D eigenvalue weighted by molar-refractivity contribution is -0.139. The summed E-state index contributed by atoms with van der Waals surface area (Å²) in [4.78, 5) is 26.4. The molecule has 0 bridgehead atoms. The Morgan fingerprint density at radius 1 is 0.897 bits per heavy atom. The Hall–Kier alpha value is -3.87. The van der Waals surface area contributed by atoms with E-state index in [-0.39, 0.29) is 17.0 Å². The largest absolute Gasteiger partial charge is 0.465 e. The number of anilines is 3. The number of nitrogens with zero attached hydrogens (tertiary/aromatic N) is 1. The van der Waals surface area contributed by atoms with Crippen LogP contribution < -0.4 is 10.2 Å². The Labute approximate surface area is 167 Å². The predicted octanol–water partition coefficient (Wildman–Crippen LogP) is 4.06. The van der Waals surface area contributed by atoms with E-state index in [2.05, 4.69) is 5.32 Å². The van der Waals surface area contributed by atoms with Crippen molar-refractivity contribution in [2.45, 2.75) is 0 Å². The number of rotatable bonds is 5. The second-order valence-electron chi connectivity index (χ2n) is 5.94. The van der Waals surface area contributed by atoms with Crippen LogP contribution in [0.5, 0.6) is 0 Å². The molecule has 0 saturated heterocycles. The Morgan fingerprint density at radius 2 is 1.55 bits per heavy atom. The molecule has 0 spiro atoms. The lowest BCUT2D eigenvalue weighted by Crippen LogP contribution is -2.27. The van der Waals surface area contributed by atoms with Crippen molar-refractivity contribution < 1.29 is 23.5 Å². The van der Waals surface area contributed by atoms with E-state index in [4.69, 9.17) is 9.47 Å². The topological polar surface area (TPSA) is 67.9 Å². The lowest BCUT2D eigenvalue weighted by Gasteiger charge is -2.25. The number of nitrogens with one attached hydrogen (secondary N) is 1. The highest BCUT2D eigenvalue weighted by molar-refractivity contribution is 6.06. The molecule has 1 aliphatic heterocycles. The molecule has 2 aromatic rings. The zero-order valence-electron chi connectivity index (χ0n) is 15.9. The van der Waals surface area contributed by atoms with E-state index in [1.807, 2.05) is 0 Å². The first-order valence-corrected chi connectivity index (χ1v) is 8.72. The standard InChI is InChI=1S/C22H19FN2O4/c1-28-21(26)15-9-7-8-14-25(20(15)22(27)29-2)19-13-6-5-12-18(19)24-17-11-4-3-10-16(17)23/h3-14,24H,1-2H3. The summed E-state index contributed by atoms with van der Waals surface area (Å²) in [5, 5.41) is 3.03. The number of hydrogen-bond donors (Lipinski definition) is 1. The summed E-state index contributed by atoms with van der Waals surface area (Å²) in [6.07, 6.45) is 6.36. The summed E-state index contributed by atoms with van der Waals surface area (Å²) in [7, 11) is 2.46. The molecule has 0 amide bonds. The first kappa shape index (κ1) is 19.9. The van der Waals surface area contributed by atoms with Crippen molar-refractivity contribution in [1.82, 2.24) is 0 Å². The van der Waals surface area contributed by atoms with Crippen molar-refractivity contribution >= 4 is 29.0 Å². The summed E-state index contributed by atoms with van der Waals surface area (Å²) < 4.78 is 23.9. The number of halogens is 1. The smallest absolute Gasteiger partial charge is 0.355 e. The molecule has 1 heterocycles. The Bertz CT molecular complexity index is 1030. The third-order valence-electron chi connectivity index (χ3n) is 4.20. The van der Waals surface area contributed by atoms with Gasteiger partial charge in [-0.25, -0.2) is 14.0 Å². The van der Waals surface area contributed by atoms with E-state index in [0.717, 1.165) is 0 Å². The van der Waals surface area contributed by atoms with Gasteiger partial charge in [-0.1, -0.05) is 30.3 Å². The molecule has 0 atom stereocenters. The van der Waals surface area contributed by atoms with Crippen LogP contribution in [-0.4, -0.2) is 26.2 Å². The molecule has 3 rings (SSSR count). The average Bonchev–Trinajstić information content (AvgIpc) is 2.97. The van der Waals surface area contributed by atoms with Crippen molar-refractivity contribution in [3.63, 3.8) is 0 Å². The normalized spacial score (nSPS) is 13.1. The zero-order chi connectivity index (χ0) is 20.8. The van der Waals surface area contributed by atoms with E-state index in [9.17, 15) is 14.0 Å². The van der Waals surface area contributed by atoms with Gasteiger partial charge in [-0.2, -0.15) is 0 Å². The molecule has 0 aliphatic carbocycles. The molecule has 1 aliphatic rings. The average molecular weight is 394 g/mol. The lowest BCUT2D eigenvalue weighted by atomic mass is 10.1.